The SMILES string of the molecule is CCOC(=O)CN(C)Cc1c(C(F)(F)F)nc2c(NC(=O)c3c(Cl)cccc3Cl)cccn12. The Morgan fingerprint density at radius 2 is 1.85 bits per heavy atom. The first kappa shape index (κ1) is 24.8. The fraction of sp³-hybridized carbons (Fsp3) is 0.286. The van der Waals surface area contributed by atoms with Gasteiger partial charge in [-0.2, -0.15) is 13.2 Å². The van der Waals surface area contributed by atoms with E-state index in [2.05, 4.69) is 10.3 Å². The van der Waals surface area contributed by atoms with Crippen LogP contribution in [0.3, 0.4) is 0 Å². The minimum atomic E-state index is -4.76. The second-order valence-corrected chi connectivity index (χ2v) is 7.86. The maximum absolute atomic E-state index is 13.8. The molecule has 1 N–H and O–H groups in total. The van der Waals surface area contributed by atoms with Crippen molar-refractivity contribution in [3.63, 3.8) is 0 Å². The number of pyridine rings is 1. The molecule has 1 amide bonds. The van der Waals surface area contributed by atoms with Crippen molar-refractivity contribution in [3.8, 4) is 0 Å². The predicted octanol–water partition coefficient (Wildman–Crippen LogP) is 4.91. The number of aromatic nitrogens is 2. The number of hydrogen-bond donors (Lipinski definition) is 1. The Labute approximate surface area is 197 Å². The molecule has 2 heterocycles. The molecule has 0 unspecified atom stereocenters. The highest BCUT2D eigenvalue weighted by molar-refractivity contribution is 6.40. The van der Waals surface area contributed by atoms with Gasteiger partial charge in [0.15, 0.2) is 11.3 Å². The summed E-state index contributed by atoms with van der Waals surface area (Å²) in [5.41, 5.74) is -1.43. The molecule has 12 heteroatoms. The number of carbonyl (C=O) groups is 2. The lowest BCUT2D eigenvalue weighted by Crippen LogP contribution is -2.28. The van der Waals surface area contributed by atoms with E-state index in [1.54, 1.807) is 13.0 Å². The fourth-order valence-corrected chi connectivity index (χ4v) is 3.80. The molecular weight excluding hydrogens is 484 g/mol. The normalized spacial score (nSPS) is 11.8. The number of nitrogens with one attached hydrogen (secondary N) is 1. The first-order chi connectivity index (χ1) is 15.5. The van der Waals surface area contributed by atoms with E-state index in [9.17, 15) is 22.8 Å². The maximum Gasteiger partial charge on any atom is 0.435 e. The number of carbonyl (C=O) groups excluding carboxylic acids is 2. The van der Waals surface area contributed by atoms with E-state index in [-0.39, 0.29) is 52.3 Å². The lowest BCUT2D eigenvalue weighted by atomic mass is 10.2. The number of imidazole rings is 1. The molecule has 0 fully saturated rings. The van der Waals surface area contributed by atoms with Gasteiger partial charge in [-0.25, -0.2) is 4.98 Å². The molecule has 0 aliphatic rings. The van der Waals surface area contributed by atoms with Crippen LogP contribution in [0.2, 0.25) is 10.0 Å². The van der Waals surface area contributed by atoms with Gasteiger partial charge in [-0.1, -0.05) is 29.3 Å². The summed E-state index contributed by atoms with van der Waals surface area (Å²) in [6.07, 6.45) is -3.37. The summed E-state index contributed by atoms with van der Waals surface area (Å²) in [4.78, 5) is 29.6. The number of hydrogen-bond acceptors (Lipinski definition) is 5. The number of ether oxygens (including phenoxy) is 1. The summed E-state index contributed by atoms with van der Waals surface area (Å²) in [6, 6.07) is 7.38. The van der Waals surface area contributed by atoms with Gasteiger partial charge in [0.1, 0.15) is 0 Å². The number of esters is 1. The number of alkyl halides is 3. The van der Waals surface area contributed by atoms with Crippen LogP contribution in [0.5, 0.6) is 0 Å². The predicted molar refractivity (Wildman–Crippen MR) is 118 cm³/mol. The average molecular weight is 503 g/mol. The molecule has 0 spiro atoms. The molecule has 0 aliphatic carbocycles. The standard InChI is InChI=1S/C21H19Cl2F3N4O3/c1-3-33-16(31)11-29(2)10-15-18(21(24,25)26)28-19-14(8-5-9-30(15)19)27-20(32)17-12(22)6-4-7-13(17)23/h4-9H,3,10-11H2,1-2H3,(H,27,32). The molecule has 0 bridgehead atoms. The number of amides is 1. The number of nitrogens with zero attached hydrogens (tertiary/aromatic N) is 3. The summed E-state index contributed by atoms with van der Waals surface area (Å²) in [5, 5.41) is 2.71. The van der Waals surface area contributed by atoms with E-state index >= 15 is 0 Å². The monoisotopic (exact) mass is 502 g/mol. The number of likely N-dealkylation sites (N-methyl/N-ethyl adjacent to an activating group) is 1. The Morgan fingerprint density at radius 3 is 2.45 bits per heavy atom. The van der Waals surface area contributed by atoms with Crippen molar-refractivity contribution in [2.45, 2.75) is 19.6 Å². The van der Waals surface area contributed by atoms with Gasteiger partial charge in [0.2, 0.25) is 0 Å². The maximum atomic E-state index is 13.8. The lowest BCUT2D eigenvalue weighted by Gasteiger charge is -2.17. The molecule has 0 atom stereocenters. The van der Waals surface area contributed by atoms with Gasteiger partial charge in [0.25, 0.3) is 5.91 Å². The third-order valence-corrected chi connectivity index (χ3v) is 5.21. The van der Waals surface area contributed by atoms with Crippen LogP contribution < -0.4 is 5.32 Å². The Hall–Kier alpha value is -2.82. The van der Waals surface area contributed by atoms with Crippen molar-refractivity contribution in [3.05, 3.63) is 63.5 Å². The van der Waals surface area contributed by atoms with Crippen molar-refractivity contribution < 1.29 is 27.5 Å². The van der Waals surface area contributed by atoms with Crippen LogP contribution in [0.15, 0.2) is 36.5 Å². The van der Waals surface area contributed by atoms with Gasteiger partial charge in [-0.3, -0.25) is 14.5 Å². The molecule has 0 saturated carbocycles. The Morgan fingerprint density at radius 1 is 1.18 bits per heavy atom. The van der Waals surface area contributed by atoms with E-state index in [0.29, 0.717) is 0 Å². The summed E-state index contributed by atoms with van der Waals surface area (Å²) in [7, 11) is 1.49. The van der Waals surface area contributed by atoms with Gasteiger partial charge in [0, 0.05) is 12.7 Å². The number of anilines is 1. The Balaban J connectivity index is 2.01. The van der Waals surface area contributed by atoms with Crippen LogP contribution in [-0.2, 0) is 22.3 Å². The van der Waals surface area contributed by atoms with Crippen LogP contribution in [0.4, 0.5) is 18.9 Å². The highest BCUT2D eigenvalue weighted by Crippen LogP contribution is 2.34. The van der Waals surface area contributed by atoms with Gasteiger partial charge in [-0.05, 0) is 38.2 Å². The molecule has 7 nitrogen and oxygen atoms in total. The van der Waals surface area contributed by atoms with Crippen LogP contribution in [-0.4, -0.2) is 46.4 Å². The molecule has 0 radical (unpaired) electrons. The Kier molecular flexibility index (Phi) is 7.51. The zero-order valence-corrected chi connectivity index (χ0v) is 19.1. The molecule has 0 saturated heterocycles. The second kappa shape index (κ2) is 9.98. The number of fused-ring (bicyclic) bond motifs is 1. The van der Waals surface area contributed by atoms with Crippen LogP contribution in [0.25, 0.3) is 5.65 Å². The van der Waals surface area contributed by atoms with Crippen molar-refractivity contribution in [1.82, 2.24) is 14.3 Å². The molecule has 176 valence electrons. The minimum Gasteiger partial charge on any atom is -0.465 e. The van der Waals surface area contributed by atoms with E-state index in [0.717, 1.165) is 0 Å². The highest BCUT2D eigenvalue weighted by Gasteiger charge is 2.38. The molecular formula is C21H19Cl2F3N4O3. The van der Waals surface area contributed by atoms with Crippen molar-refractivity contribution in [1.29, 1.82) is 0 Å². The van der Waals surface area contributed by atoms with Gasteiger partial charge >= 0.3 is 12.1 Å². The van der Waals surface area contributed by atoms with E-state index in [4.69, 9.17) is 27.9 Å². The highest BCUT2D eigenvalue weighted by atomic mass is 35.5. The molecule has 0 aliphatic heterocycles. The third kappa shape index (κ3) is 5.58. The molecule has 3 rings (SSSR count). The molecule has 3 aromatic rings. The minimum absolute atomic E-state index is 0.0140. The third-order valence-electron chi connectivity index (χ3n) is 4.58. The van der Waals surface area contributed by atoms with Gasteiger partial charge < -0.3 is 14.5 Å². The van der Waals surface area contributed by atoms with Gasteiger partial charge in [-0.15, -0.1) is 0 Å². The molecule has 1 aromatic carbocycles. The van der Waals surface area contributed by atoms with Crippen molar-refractivity contribution >= 4 is 46.4 Å². The van der Waals surface area contributed by atoms with Crippen molar-refractivity contribution in [2.24, 2.45) is 0 Å². The summed E-state index contributed by atoms with van der Waals surface area (Å²) in [6.45, 7) is 1.34. The molecule has 33 heavy (non-hydrogen) atoms. The lowest BCUT2D eigenvalue weighted by molar-refractivity contribution is -0.144. The first-order valence-corrected chi connectivity index (χ1v) is 10.4. The second-order valence-electron chi connectivity index (χ2n) is 7.05. The quantitative estimate of drug-likeness (QED) is 0.464. The van der Waals surface area contributed by atoms with Crippen LogP contribution in [0.1, 0.15) is 28.7 Å². The number of rotatable bonds is 7. The zero-order valence-electron chi connectivity index (χ0n) is 17.5. The summed E-state index contributed by atoms with van der Waals surface area (Å²) >= 11 is 12.1. The fourth-order valence-electron chi connectivity index (χ4n) is 3.23. The zero-order chi connectivity index (χ0) is 24.3. The number of benzene rings is 1. The summed E-state index contributed by atoms with van der Waals surface area (Å²) < 4.78 is 47.4. The molecule has 2 aromatic heterocycles. The van der Waals surface area contributed by atoms with Gasteiger partial charge in [0.05, 0.1) is 40.1 Å². The smallest absolute Gasteiger partial charge is 0.435 e. The van der Waals surface area contributed by atoms with Crippen LogP contribution >= 0.6 is 23.2 Å². The van der Waals surface area contributed by atoms with Crippen molar-refractivity contribution in [2.75, 3.05) is 25.5 Å². The van der Waals surface area contributed by atoms with Crippen LogP contribution in [0, 0.1) is 0 Å². The van der Waals surface area contributed by atoms with E-state index < -0.39 is 23.7 Å². The van der Waals surface area contributed by atoms with E-state index in [1.807, 2.05) is 0 Å². The summed E-state index contributed by atoms with van der Waals surface area (Å²) in [5.74, 6) is -1.26. The average Bonchev–Trinajstić information content (AvgIpc) is 3.08. The Bertz CT molecular complexity index is 1180. The van der Waals surface area contributed by atoms with E-state index in [1.165, 1.54) is 46.8 Å². The first-order valence-electron chi connectivity index (χ1n) is 9.69. The number of halogens is 5. The topological polar surface area (TPSA) is 75.9 Å². The largest absolute Gasteiger partial charge is 0.465 e.